The largest absolute Gasteiger partial charge is 0.456 e. The summed E-state index contributed by atoms with van der Waals surface area (Å²) in [5.74, 6) is 0. The van der Waals surface area contributed by atoms with Crippen LogP contribution in [-0.2, 0) is 5.41 Å². The summed E-state index contributed by atoms with van der Waals surface area (Å²) in [5, 5.41) is 7.24. The van der Waals surface area contributed by atoms with Gasteiger partial charge in [-0.25, -0.2) is 0 Å². The number of furan rings is 1. The molecule has 0 unspecified atom stereocenters. The quantitative estimate of drug-likeness (QED) is 0.177. The molecule has 11 rings (SSSR count). The van der Waals surface area contributed by atoms with Crippen LogP contribution in [0.4, 0.5) is 17.1 Å². The normalized spacial score (nSPS) is 13.1. The van der Waals surface area contributed by atoms with Gasteiger partial charge in [0, 0.05) is 33.1 Å². The van der Waals surface area contributed by atoms with Crippen LogP contribution < -0.4 is 4.90 Å². The second-order valence-electron chi connectivity index (χ2n) is 15.3. The van der Waals surface area contributed by atoms with Crippen LogP contribution in [0.5, 0.6) is 0 Å². The summed E-state index contributed by atoms with van der Waals surface area (Å²) in [6.45, 7) is 4.68. The van der Waals surface area contributed by atoms with Crippen molar-refractivity contribution in [2.24, 2.45) is 0 Å². The van der Waals surface area contributed by atoms with Crippen molar-refractivity contribution >= 4 is 60.5 Å². The Balaban J connectivity index is 1.07. The maximum atomic E-state index is 6.45. The molecular weight excluding hydrogens is 667 g/mol. The number of anilines is 3. The molecule has 9 aromatic carbocycles. The molecule has 1 heterocycles. The zero-order valence-corrected chi connectivity index (χ0v) is 30.8. The average molecular weight is 704 g/mol. The van der Waals surface area contributed by atoms with Gasteiger partial charge >= 0.3 is 0 Å². The van der Waals surface area contributed by atoms with Crippen LogP contribution in [0.2, 0.25) is 0 Å². The molecule has 1 aliphatic rings. The van der Waals surface area contributed by atoms with Crippen molar-refractivity contribution in [2.75, 3.05) is 4.90 Å². The summed E-state index contributed by atoms with van der Waals surface area (Å²) in [6.07, 6.45) is 0. The van der Waals surface area contributed by atoms with Gasteiger partial charge in [-0.15, -0.1) is 0 Å². The third-order valence-corrected chi connectivity index (χ3v) is 11.9. The Morgan fingerprint density at radius 1 is 0.400 bits per heavy atom. The van der Waals surface area contributed by atoms with E-state index in [9.17, 15) is 0 Å². The Morgan fingerprint density at radius 3 is 1.89 bits per heavy atom. The first-order valence-corrected chi connectivity index (χ1v) is 19.1. The van der Waals surface area contributed by atoms with Gasteiger partial charge in [0.2, 0.25) is 0 Å². The monoisotopic (exact) mass is 703 g/mol. The number of hydrogen-bond acceptors (Lipinski definition) is 2. The third kappa shape index (κ3) is 4.88. The second-order valence-corrected chi connectivity index (χ2v) is 15.3. The minimum atomic E-state index is -0.0637. The van der Waals surface area contributed by atoms with E-state index in [4.69, 9.17) is 4.42 Å². The SMILES string of the molecule is CC1(C)c2ccccc2-c2cc(N(c3ccc(-c4ccc5c(c4)oc4ccc6ccccc6c45)cc3)c3ccccc3-c3cccc4ccccc34)ccc21. The summed E-state index contributed by atoms with van der Waals surface area (Å²) in [5.41, 5.74) is 15.1. The maximum absolute atomic E-state index is 6.45. The van der Waals surface area contributed by atoms with Crippen molar-refractivity contribution in [1.82, 2.24) is 0 Å². The van der Waals surface area contributed by atoms with Gasteiger partial charge in [0.15, 0.2) is 0 Å². The number of fused-ring (bicyclic) bond motifs is 9. The highest BCUT2D eigenvalue weighted by Crippen LogP contribution is 2.51. The van der Waals surface area contributed by atoms with E-state index in [1.54, 1.807) is 0 Å². The lowest BCUT2D eigenvalue weighted by atomic mass is 9.82. The predicted octanol–water partition coefficient (Wildman–Crippen LogP) is 15.0. The number of nitrogens with zero attached hydrogens (tertiary/aromatic N) is 1. The first-order valence-electron chi connectivity index (χ1n) is 19.1. The number of benzene rings is 9. The van der Waals surface area contributed by atoms with Gasteiger partial charge < -0.3 is 9.32 Å². The molecule has 0 aliphatic heterocycles. The van der Waals surface area contributed by atoms with Crippen LogP contribution in [0.25, 0.3) is 76.9 Å². The summed E-state index contributed by atoms with van der Waals surface area (Å²) >= 11 is 0. The molecule has 1 aromatic heterocycles. The lowest BCUT2D eigenvalue weighted by Gasteiger charge is -2.29. The molecule has 0 bridgehead atoms. The molecule has 0 spiro atoms. The fourth-order valence-corrected chi connectivity index (χ4v) is 9.16. The fourth-order valence-electron chi connectivity index (χ4n) is 9.16. The Hall–Kier alpha value is -6.90. The minimum Gasteiger partial charge on any atom is -0.456 e. The minimum absolute atomic E-state index is 0.0637. The molecule has 0 N–H and O–H groups in total. The summed E-state index contributed by atoms with van der Waals surface area (Å²) < 4.78 is 6.45. The van der Waals surface area contributed by atoms with Gasteiger partial charge in [0.05, 0.1) is 5.69 Å². The van der Waals surface area contributed by atoms with Gasteiger partial charge in [-0.3, -0.25) is 0 Å². The summed E-state index contributed by atoms with van der Waals surface area (Å²) in [7, 11) is 0. The van der Waals surface area contributed by atoms with E-state index in [0.29, 0.717) is 0 Å². The molecular formula is C53H37NO. The van der Waals surface area contributed by atoms with Crippen LogP contribution in [-0.4, -0.2) is 0 Å². The van der Waals surface area contributed by atoms with Crippen LogP contribution in [0.15, 0.2) is 192 Å². The lowest BCUT2D eigenvalue weighted by molar-refractivity contribution is 0.660. The van der Waals surface area contributed by atoms with E-state index >= 15 is 0 Å². The zero-order chi connectivity index (χ0) is 36.7. The molecule has 260 valence electrons. The summed E-state index contributed by atoms with van der Waals surface area (Å²) in [4.78, 5) is 2.43. The Morgan fingerprint density at radius 2 is 1.04 bits per heavy atom. The van der Waals surface area contributed by atoms with Gasteiger partial charge in [-0.05, 0) is 109 Å². The van der Waals surface area contributed by atoms with E-state index in [0.717, 1.165) is 44.7 Å². The van der Waals surface area contributed by atoms with Crippen molar-refractivity contribution in [3.63, 3.8) is 0 Å². The van der Waals surface area contributed by atoms with Gasteiger partial charge in [0.1, 0.15) is 11.2 Å². The number of para-hydroxylation sites is 1. The van der Waals surface area contributed by atoms with E-state index in [-0.39, 0.29) is 5.41 Å². The highest BCUT2D eigenvalue weighted by molar-refractivity contribution is 6.19. The standard InChI is InChI=1S/C53H37NO/c1-53(2)47-20-9-7-17-43(47)46-33-39(28-30-48(46)53)54(49-21-10-8-18-44(49)42-19-11-14-35-12-3-5-15-40(35)42)38-26-22-34(23-27-38)37-24-29-45-51(32-37)55-50-31-25-36-13-4-6-16-41(36)52(45)50/h3-33H,1-2H3. The molecule has 0 radical (unpaired) electrons. The molecule has 2 nitrogen and oxygen atoms in total. The smallest absolute Gasteiger partial charge is 0.136 e. The molecule has 0 amide bonds. The van der Waals surface area contributed by atoms with E-state index < -0.39 is 0 Å². The predicted molar refractivity (Wildman–Crippen MR) is 232 cm³/mol. The van der Waals surface area contributed by atoms with E-state index in [1.165, 1.54) is 60.3 Å². The average Bonchev–Trinajstić information content (AvgIpc) is 3.73. The maximum Gasteiger partial charge on any atom is 0.136 e. The Labute approximate surface area is 320 Å². The van der Waals surface area contributed by atoms with Crippen LogP contribution in [0.3, 0.4) is 0 Å². The molecule has 0 saturated carbocycles. The van der Waals surface area contributed by atoms with E-state index in [2.05, 4.69) is 207 Å². The molecule has 2 heteroatoms. The lowest BCUT2D eigenvalue weighted by Crippen LogP contribution is -2.15. The molecule has 10 aromatic rings. The molecule has 1 aliphatic carbocycles. The van der Waals surface area contributed by atoms with Crippen LogP contribution >= 0.6 is 0 Å². The first kappa shape index (κ1) is 31.6. The van der Waals surface area contributed by atoms with Crippen molar-refractivity contribution in [2.45, 2.75) is 19.3 Å². The Kier molecular flexibility index (Phi) is 6.93. The van der Waals surface area contributed by atoms with Gasteiger partial charge in [-0.1, -0.05) is 153 Å². The van der Waals surface area contributed by atoms with Crippen LogP contribution in [0.1, 0.15) is 25.0 Å². The number of hydrogen-bond donors (Lipinski definition) is 0. The van der Waals surface area contributed by atoms with Crippen molar-refractivity contribution in [3.05, 3.63) is 199 Å². The second kappa shape index (κ2) is 12.1. The van der Waals surface area contributed by atoms with Crippen molar-refractivity contribution in [3.8, 4) is 33.4 Å². The molecule has 0 atom stereocenters. The zero-order valence-electron chi connectivity index (χ0n) is 30.8. The van der Waals surface area contributed by atoms with Gasteiger partial charge in [0.25, 0.3) is 0 Å². The highest BCUT2D eigenvalue weighted by atomic mass is 16.3. The van der Waals surface area contributed by atoms with E-state index in [1.807, 2.05) is 0 Å². The number of rotatable bonds is 5. The van der Waals surface area contributed by atoms with Crippen molar-refractivity contribution in [1.29, 1.82) is 0 Å². The molecule has 0 saturated heterocycles. The highest BCUT2D eigenvalue weighted by Gasteiger charge is 2.35. The topological polar surface area (TPSA) is 16.4 Å². The molecule has 55 heavy (non-hydrogen) atoms. The first-order chi connectivity index (χ1) is 27.0. The Bertz CT molecular complexity index is 3120. The molecule has 0 fully saturated rings. The third-order valence-electron chi connectivity index (χ3n) is 11.9. The van der Waals surface area contributed by atoms with Crippen LogP contribution in [0, 0.1) is 0 Å². The summed E-state index contributed by atoms with van der Waals surface area (Å²) in [6, 6.07) is 68.5. The van der Waals surface area contributed by atoms with Crippen molar-refractivity contribution < 1.29 is 4.42 Å². The fraction of sp³-hybridized carbons (Fsp3) is 0.0566. The van der Waals surface area contributed by atoms with Gasteiger partial charge in [-0.2, -0.15) is 0 Å².